The summed E-state index contributed by atoms with van der Waals surface area (Å²) in [4.78, 5) is 14.0. The molecule has 0 aromatic carbocycles. The van der Waals surface area contributed by atoms with Crippen molar-refractivity contribution in [2.75, 3.05) is 19.6 Å². The van der Waals surface area contributed by atoms with Crippen LogP contribution < -0.4 is 11.3 Å². The van der Waals surface area contributed by atoms with Gasteiger partial charge in [-0.2, -0.15) is 0 Å². The number of hydrogen-bond acceptors (Lipinski definition) is 3. The molecule has 1 amide bonds. The Hall–Kier alpha value is -0.610. The van der Waals surface area contributed by atoms with Crippen LogP contribution >= 0.6 is 0 Å². The van der Waals surface area contributed by atoms with Crippen molar-refractivity contribution in [3.63, 3.8) is 0 Å². The highest BCUT2D eigenvalue weighted by Crippen LogP contribution is 2.25. The summed E-state index contributed by atoms with van der Waals surface area (Å²) in [5, 5.41) is 0. The highest BCUT2D eigenvalue weighted by molar-refractivity contribution is 5.81. The fraction of sp³-hybridized carbons (Fsp3) is 0.923. The van der Waals surface area contributed by atoms with Gasteiger partial charge in [-0.05, 0) is 45.7 Å². The Morgan fingerprint density at radius 2 is 2.00 bits per heavy atom. The van der Waals surface area contributed by atoms with Crippen LogP contribution in [0.5, 0.6) is 0 Å². The van der Waals surface area contributed by atoms with E-state index in [1.165, 1.54) is 25.7 Å². The lowest BCUT2D eigenvalue weighted by atomic mass is 9.88. The van der Waals surface area contributed by atoms with Crippen molar-refractivity contribution in [1.29, 1.82) is 0 Å². The molecule has 0 bridgehead atoms. The molecule has 3 N–H and O–H groups in total. The van der Waals surface area contributed by atoms with Crippen molar-refractivity contribution in [2.24, 2.45) is 17.2 Å². The summed E-state index contributed by atoms with van der Waals surface area (Å²) in [5.74, 6) is 6.02. The highest BCUT2D eigenvalue weighted by atomic mass is 16.2. The van der Waals surface area contributed by atoms with E-state index in [9.17, 15) is 4.79 Å². The van der Waals surface area contributed by atoms with E-state index < -0.39 is 5.41 Å². The van der Waals surface area contributed by atoms with Gasteiger partial charge in [-0.1, -0.05) is 19.8 Å². The van der Waals surface area contributed by atoms with E-state index in [1.54, 1.807) is 0 Å². The molecule has 0 aromatic heterocycles. The van der Waals surface area contributed by atoms with Crippen LogP contribution in [0.4, 0.5) is 0 Å². The number of piperidine rings is 1. The average molecular weight is 241 g/mol. The predicted octanol–water partition coefficient (Wildman–Crippen LogP) is 1.51. The van der Waals surface area contributed by atoms with Gasteiger partial charge in [0.25, 0.3) is 0 Å². The first-order chi connectivity index (χ1) is 7.99. The maximum atomic E-state index is 11.6. The van der Waals surface area contributed by atoms with Crippen molar-refractivity contribution in [3.8, 4) is 0 Å². The Morgan fingerprint density at radius 3 is 2.47 bits per heavy atom. The molecule has 17 heavy (non-hydrogen) atoms. The van der Waals surface area contributed by atoms with Gasteiger partial charge >= 0.3 is 0 Å². The fourth-order valence-electron chi connectivity index (χ4n) is 2.67. The molecule has 1 heterocycles. The number of likely N-dealkylation sites (tertiary alicyclic amines) is 1. The standard InChI is InChI=1S/C13H27N3O/c1-4-5-11-6-8-16(9-7-11)10-13(2,3)12(17)15-14/h11H,4-10,14H2,1-3H3,(H,15,17). The van der Waals surface area contributed by atoms with Crippen molar-refractivity contribution < 1.29 is 4.79 Å². The number of hydrazine groups is 1. The first-order valence-electron chi connectivity index (χ1n) is 6.73. The number of nitrogens with two attached hydrogens (primary N) is 1. The lowest BCUT2D eigenvalue weighted by molar-refractivity contribution is -0.130. The van der Waals surface area contributed by atoms with Crippen molar-refractivity contribution in [2.45, 2.75) is 46.5 Å². The van der Waals surface area contributed by atoms with Gasteiger partial charge in [-0.15, -0.1) is 0 Å². The molecule has 0 atom stereocenters. The number of carbonyl (C=O) groups is 1. The molecule has 0 aromatic rings. The van der Waals surface area contributed by atoms with Crippen LogP contribution in [-0.4, -0.2) is 30.4 Å². The third-order valence-electron chi connectivity index (χ3n) is 3.77. The smallest absolute Gasteiger partial charge is 0.240 e. The number of nitrogens with one attached hydrogen (secondary N) is 1. The molecule has 0 aliphatic carbocycles. The number of carbonyl (C=O) groups excluding carboxylic acids is 1. The van der Waals surface area contributed by atoms with Gasteiger partial charge in [-0.3, -0.25) is 10.2 Å². The second-order valence-corrected chi connectivity index (χ2v) is 5.87. The van der Waals surface area contributed by atoms with Gasteiger partial charge < -0.3 is 4.90 Å². The first-order valence-corrected chi connectivity index (χ1v) is 6.73. The summed E-state index contributed by atoms with van der Waals surface area (Å²) in [6.45, 7) is 9.19. The highest BCUT2D eigenvalue weighted by Gasteiger charge is 2.31. The quantitative estimate of drug-likeness (QED) is 0.436. The van der Waals surface area contributed by atoms with Gasteiger partial charge in [0, 0.05) is 6.54 Å². The van der Waals surface area contributed by atoms with E-state index in [1.807, 2.05) is 13.8 Å². The molecule has 0 saturated carbocycles. The molecule has 0 radical (unpaired) electrons. The average Bonchev–Trinajstić information content (AvgIpc) is 2.30. The molecule has 0 unspecified atom stereocenters. The zero-order chi connectivity index (χ0) is 12.9. The molecular weight excluding hydrogens is 214 g/mol. The van der Waals surface area contributed by atoms with Crippen LogP contribution in [0, 0.1) is 11.3 Å². The molecule has 1 aliphatic rings. The van der Waals surface area contributed by atoms with E-state index in [4.69, 9.17) is 5.84 Å². The Labute approximate surface area is 105 Å². The van der Waals surface area contributed by atoms with Crippen molar-refractivity contribution in [1.82, 2.24) is 10.3 Å². The third kappa shape index (κ3) is 4.28. The fourth-order valence-corrected chi connectivity index (χ4v) is 2.67. The van der Waals surface area contributed by atoms with Crippen molar-refractivity contribution >= 4 is 5.91 Å². The lowest BCUT2D eigenvalue weighted by Gasteiger charge is -2.36. The maximum absolute atomic E-state index is 11.6. The Balaban J connectivity index is 2.37. The van der Waals surface area contributed by atoms with Crippen LogP contribution in [0.1, 0.15) is 46.5 Å². The molecule has 1 aliphatic heterocycles. The van der Waals surface area contributed by atoms with E-state index >= 15 is 0 Å². The third-order valence-corrected chi connectivity index (χ3v) is 3.77. The van der Waals surface area contributed by atoms with E-state index in [-0.39, 0.29) is 5.91 Å². The summed E-state index contributed by atoms with van der Waals surface area (Å²) in [5.41, 5.74) is 1.86. The van der Waals surface area contributed by atoms with Gasteiger partial charge in [0.1, 0.15) is 0 Å². The predicted molar refractivity (Wildman–Crippen MR) is 70.2 cm³/mol. The minimum atomic E-state index is -0.396. The Kier molecular flexibility index (Phi) is 5.40. The normalized spacial score (nSPS) is 19.3. The van der Waals surface area contributed by atoms with Crippen LogP contribution in [-0.2, 0) is 4.79 Å². The number of rotatable bonds is 5. The molecule has 4 nitrogen and oxygen atoms in total. The van der Waals surface area contributed by atoms with Crippen LogP contribution in [0.15, 0.2) is 0 Å². The summed E-state index contributed by atoms with van der Waals surface area (Å²) >= 11 is 0. The zero-order valence-electron chi connectivity index (χ0n) is 11.5. The van der Waals surface area contributed by atoms with Crippen LogP contribution in [0.2, 0.25) is 0 Å². The minimum absolute atomic E-state index is 0.0758. The summed E-state index contributed by atoms with van der Waals surface area (Å²) < 4.78 is 0. The number of nitrogens with zero attached hydrogens (tertiary/aromatic N) is 1. The van der Waals surface area contributed by atoms with Gasteiger partial charge in [0.2, 0.25) is 5.91 Å². The molecular formula is C13H27N3O. The lowest BCUT2D eigenvalue weighted by Crippen LogP contribution is -2.48. The van der Waals surface area contributed by atoms with E-state index in [0.29, 0.717) is 0 Å². The largest absolute Gasteiger partial charge is 0.302 e. The second-order valence-electron chi connectivity index (χ2n) is 5.87. The Morgan fingerprint density at radius 1 is 1.41 bits per heavy atom. The van der Waals surface area contributed by atoms with Gasteiger partial charge in [0.15, 0.2) is 0 Å². The number of amides is 1. The van der Waals surface area contributed by atoms with E-state index in [0.717, 1.165) is 25.6 Å². The number of hydrogen-bond donors (Lipinski definition) is 2. The maximum Gasteiger partial charge on any atom is 0.240 e. The monoisotopic (exact) mass is 241 g/mol. The summed E-state index contributed by atoms with van der Waals surface area (Å²) in [6.07, 6.45) is 5.18. The summed E-state index contributed by atoms with van der Waals surface area (Å²) in [7, 11) is 0. The zero-order valence-corrected chi connectivity index (χ0v) is 11.5. The van der Waals surface area contributed by atoms with Crippen LogP contribution in [0.25, 0.3) is 0 Å². The van der Waals surface area contributed by atoms with E-state index in [2.05, 4.69) is 17.2 Å². The van der Waals surface area contributed by atoms with Gasteiger partial charge in [0.05, 0.1) is 5.41 Å². The van der Waals surface area contributed by atoms with Crippen LogP contribution in [0.3, 0.4) is 0 Å². The SMILES string of the molecule is CCCC1CCN(CC(C)(C)C(=O)NN)CC1. The molecule has 0 spiro atoms. The first kappa shape index (κ1) is 14.5. The summed E-state index contributed by atoms with van der Waals surface area (Å²) in [6, 6.07) is 0. The minimum Gasteiger partial charge on any atom is -0.302 e. The Bertz CT molecular complexity index is 245. The molecule has 1 saturated heterocycles. The molecule has 4 heteroatoms. The topological polar surface area (TPSA) is 58.4 Å². The second kappa shape index (κ2) is 6.36. The molecule has 1 rings (SSSR count). The van der Waals surface area contributed by atoms with Crippen molar-refractivity contribution in [3.05, 3.63) is 0 Å². The molecule has 100 valence electrons. The van der Waals surface area contributed by atoms with Gasteiger partial charge in [-0.25, -0.2) is 5.84 Å². The molecule has 1 fully saturated rings.